The standard InChI is InChI=1S/C14H21NO2/c16-13(17)12-11-7-3-1-2-4-8-14(11,12)15-9-5-6-10-15/h1-2,11-12H,3-10H2,(H,16,17). The highest BCUT2D eigenvalue weighted by Gasteiger charge is 2.69. The first-order valence-corrected chi connectivity index (χ1v) is 6.89. The predicted octanol–water partition coefficient (Wildman–Crippen LogP) is 2.28. The van der Waals surface area contributed by atoms with Crippen molar-refractivity contribution in [3.63, 3.8) is 0 Å². The first-order valence-electron chi connectivity index (χ1n) is 6.89. The Morgan fingerprint density at radius 1 is 1.24 bits per heavy atom. The number of hydrogen-bond acceptors (Lipinski definition) is 2. The van der Waals surface area contributed by atoms with Gasteiger partial charge in [0, 0.05) is 5.54 Å². The van der Waals surface area contributed by atoms with Crippen LogP contribution in [-0.2, 0) is 4.79 Å². The molecule has 0 aromatic carbocycles. The molecule has 1 saturated carbocycles. The molecule has 94 valence electrons. The molecule has 0 amide bonds. The first kappa shape index (κ1) is 11.3. The molecule has 3 unspecified atom stereocenters. The maximum Gasteiger partial charge on any atom is 0.308 e. The number of likely N-dealkylation sites (tertiary alicyclic amines) is 1. The van der Waals surface area contributed by atoms with Crippen LogP contribution >= 0.6 is 0 Å². The first-order chi connectivity index (χ1) is 8.27. The molecule has 3 atom stereocenters. The Morgan fingerprint density at radius 2 is 1.94 bits per heavy atom. The van der Waals surface area contributed by atoms with Gasteiger partial charge in [-0.15, -0.1) is 0 Å². The quantitative estimate of drug-likeness (QED) is 0.746. The molecule has 0 radical (unpaired) electrons. The van der Waals surface area contributed by atoms with Gasteiger partial charge in [0.25, 0.3) is 0 Å². The fourth-order valence-corrected chi connectivity index (χ4v) is 4.20. The van der Waals surface area contributed by atoms with Crippen LogP contribution in [0.25, 0.3) is 0 Å². The van der Waals surface area contributed by atoms with Crippen molar-refractivity contribution in [3.8, 4) is 0 Å². The summed E-state index contributed by atoms with van der Waals surface area (Å²) in [5.74, 6) is -0.257. The summed E-state index contributed by atoms with van der Waals surface area (Å²) in [4.78, 5) is 14.0. The van der Waals surface area contributed by atoms with Gasteiger partial charge in [-0.1, -0.05) is 12.2 Å². The normalized spacial score (nSPS) is 41.6. The number of carboxylic acids is 1. The minimum Gasteiger partial charge on any atom is -0.481 e. The van der Waals surface area contributed by atoms with Gasteiger partial charge in [0.05, 0.1) is 5.92 Å². The van der Waals surface area contributed by atoms with Crippen LogP contribution in [0.1, 0.15) is 38.5 Å². The SMILES string of the molecule is O=C(O)C1C2CCC=CCCC21N1CCCC1. The van der Waals surface area contributed by atoms with Gasteiger partial charge in [-0.3, -0.25) is 9.69 Å². The van der Waals surface area contributed by atoms with Crippen molar-refractivity contribution < 1.29 is 9.90 Å². The van der Waals surface area contributed by atoms with E-state index >= 15 is 0 Å². The molecular weight excluding hydrogens is 214 g/mol. The Balaban J connectivity index is 1.86. The summed E-state index contributed by atoms with van der Waals surface area (Å²) in [6.07, 6.45) is 11.2. The third-order valence-electron chi connectivity index (χ3n) is 4.96. The minimum atomic E-state index is -0.566. The van der Waals surface area contributed by atoms with Crippen molar-refractivity contribution in [1.82, 2.24) is 4.90 Å². The maximum absolute atomic E-state index is 11.5. The number of rotatable bonds is 2. The molecule has 0 bridgehead atoms. The van der Waals surface area contributed by atoms with Crippen molar-refractivity contribution in [2.24, 2.45) is 11.8 Å². The Hall–Kier alpha value is -0.830. The van der Waals surface area contributed by atoms with Crippen LogP contribution in [0.2, 0.25) is 0 Å². The number of aliphatic carboxylic acids is 1. The van der Waals surface area contributed by atoms with Crippen LogP contribution in [0.4, 0.5) is 0 Å². The summed E-state index contributed by atoms with van der Waals surface area (Å²) >= 11 is 0. The molecule has 3 aliphatic rings. The molecule has 2 aliphatic carbocycles. The van der Waals surface area contributed by atoms with Crippen molar-refractivity contribution in [2.45, 2.75) is 44.1 Å². The third-order valence-corrected chi connectivity index (χ3v) is 4.96. The molecule has 1 heterocycles. The summed E-state index contributed by atoms with van der Waals surface area (Å²) in [7, 11) is 0. The highest BCUT2D eigenvalue weighted by atomic mass is 16.4. The topological polar surface area (TPSA) is 40.5 Å². The summed E-state index contributed by atoms with van der Waals surface area (Å²) in [5.41, 5.74) is 0.0209. The molecule has 1 N–H and O–H groups in total. The third kappa shape index (κ3) is 1.63. The molecule has 17 heavy (non-hydrogen) atoms. The second kappa shape index (κ2) is 4.13. The largest absolute Gasteiger partial charge is 0.481 e. The van der Waals surface area contributed by atoms with Crippen LogP contribution in [0.5, 0.6) is 0 Å². The van der Waals surface area contributed by atoms with E-state index in [1.165, 1.54) is 12.8 Å². The molecule has 0 aromatic rings. The number of hydrogen-bond donors (Lipinski definition) is 1. The summed E-state index contributed by atoms with van der Waals surface area (Å²) < 4.78 is 0. The number of nitrogens with zero attached hydrogens (tertiary/aromatic N) is 1. The van der Waals surface area contributed by atoms with E-state index in [-0.39, 0.29) is 11.5 Å². The lowest BCUT2D eigenvalue weighted by molar-refractivity contribution is -0.139. The minimum absolute atomic E-state index is 0.0209. The van der Waals surface area contributed by atoms with Gasteiger partial charge in [0.2, 0.25) is 0 Å². The van der Waals surface area contributed by atoms with Gasteiger partial charge in [-0.05, 0) is 57.5 Å². The number of carboxylic acid groups (broad SMARTS) is 1. The Morgan fingerprint density at radius 3 is 2.65 bits per heavy atom. The second-order valence-corrected chi connectivity index (χ2v) is 5.70. The van der Waals surface area contributed by atoms with Crippen LogP contribution < -0.4 is 0 Å². The van der Waals surface area contributed by atoms with Gasteiger partial charge in [0.15, 0.2) is 0 Å². The fraction of sp³-hybridized carbons (Fsp3) is 0.786. The van der Waals surface area contributed by atoms with E-state index in [0.29, 0.717) is 5.92 Å². The molecule has 0 spiro atoms. The van der Waals surface area contributed by atoms with Crippen molar-refractivity contribution in [1.29, 1.82) is 0 Å². The van der Waals surface area contributed by atoms with Crippen molar-refractivity contribution in [3.05, 3.63) is 12.2 Å². The highest BCUT2D eigenvalue weighted by molar-refractivity contribution is 5.77. The zero-order chi connectivity index (χ0) is 11.9. The molecular formula is C14H21NO2. The van der Waals surface area contributed by atoms with Crippen molar-refractivity contribution in [2.75, 3.05) is 13.1 Å². The molecule has 3 heteroatoms. The maximum atomic E-state index is 11.5. The smallest absolute Gasteiger partial charge is 0.308 e. The molecule has 2 fully saturated rings. The van der Waals surface area contributed by atoms with Gasteiger partial charge >= 0.3 is 5.97 Å². The number of carbonyl (C=O) groups is 1. The number of fused-ring (bicyclic) bond motifs is 1. The Labute approximate surface area is 102 Å². The summed E-state index contributed by atoms with van der Waals surface area (Å²) in [5, 5.41) is 9.45. The van der Waals surface area contributed by atoms with Crippen LogP contribution in [0.15, 0.2) is 12.2 Å². The van der Waals surface area contributed by atoms with Crippen LogP contribution in [0, 0.1) is 11.8 Å². The zero-order valence-corrected chi connectivity index (χ0v) is 10.3. The predicted molar refractivity (Wildman–Crippen MR) is 65.8 cm³/mol. The van der Waals surface area contributed by atoms with Gasteiger partial charge in [-0.25, -0.2) is 0 Å². The van der Waals surface area contributed by atoms with E-state index in [2.05, 4.69) is 17.1 Å². The fourth-order valence-electron chi connectivity index (χ4n) is 4.20. The highest BCUT2D eigenvalue weighted by Crippen LogP contribution is 2.61. The van der Waals surface area contributed by atoms with E-state index in [4.69, 9.17) is 0 Å². The lowest BCUT2D eigenvalue weighted by Crippen LogP contribution is -2.39. The van der Waals surface area contributed by atoms with Gasteiger partial charge < -0.3 is 5.11 Å². The summed E-state index contributed by atoms with van der Waals surface area (Å²) in [6, 6.07) is 0. The van der Waals surface area contributed by atoms with Crippen molar-refractivity contribution >= 4 is 5.97 Å². The van der Waals surface area contributed by atoms with E-state index in [9.17, 15) is 9.90 Å². The van der Waals surface area contributed by atoms with Crippen LogP contribution in [-0.4, -0.2) is 34.6 Å². The van der Waals surface area contributed by atoms with E-state index in [1.54, 1.807) is 0 Å². The average molecular weight is 235 g/mol. The van der Waals surface area contributed by atoms with Gasteiger partial charge in [0.1, 0.15) is 0 Å². The zero-order valence-electron chi connectivity index (χ0n) is 10.3. The van der Waals surface area contributed by atoms with E-state index in [1.807, 2.05) is 0 Å². The van der Waals surface area contributed by atoms with Gasteiger partial charge in [-0.2, -0.15) is 0 Å². The second-order valence-electron chi connectivity index (χ2n) is 5.70. The molecule has 0 aromatic heterocycles. The Bertz CT molecular complexity index is 346. The summed E-state index contributed by atoms with van der Waals surface area (Å²) in [6.45, 7) is 2.23. The molecule has 3 nitrogen and oxygen atoms in total. The van der Waals surface area contributed by atoms with Crippen LogP contribution in [0.3, 0.4) is 0 Å². The van der Waals surface area contributed by atoms with E-state index < -0.39 is 5.97 Å². The monoisotopic (exact) mass is 235 g/mol. The molecule has 1 saturated heterocycles. The lowest BCUT2D eigenvalue weighted by atomic mass is 9.99. The molecule has 1 aliphatic heterocycles. The average Bonchev–Trinajstić information content (AvgIpc) is 2.70. The lowest BCUT2D eigenvalue weighted by Gasteiger charge is -2.30. The van der Waals surface area contributed by atoms with E-state index in [0.717, 1.165) is 38.8 Å². The molecule has 3 rings (SSSR count). The number of allylic oxidation sites excluding steroid dienone is 2. The Kier molecular flexibility index (Phi) is 2.74.